The van der Waals surface area contributed by atoms with Gasteiger partial charge in [0, 0.05) is 10.6 Å². The third kappa shape index (κ3) is 4.34. The number of aliphatic hydroxyl groups excluding tert-OH is 4. The first kappa shape index (κ1) is 24.0. The molecule has 1 aliphatic carbocycles. The molecule has 8 nitrogen and oxygen atoms in total. The van der Waals surface area contributed by atoms with Gasteiger partial charge in [0.25, 0.3) is 0 Å². The van der Waals surface area contributed by atoms with Crippen molar-refractivity contribution in [1.29, 1.82) is 0 Å². The molecule has 1 unspecified atom stereocenters. The van der Waals surface area contributed by atoms with Gasteiger partial charge in [0.2, 0.25) is 5.79 Å². The van der Waals surface area contributed by atoms with Gasteiger partial charge in [-0.05, 0) is 54.7 Å². The Balaban J connectivity index is 1.31. The Hall–Kier alpha value is -1.75. The van der Waals surface area contributed by atoms with Gasteiger partial charge in [-0.15, -0.1) is 0 Å². The number of halogens is 1. The summed E-state index contributed by atoms with van der Waals surface area (Å²) in [4.78, 5) is 0. The molecule has 2 saturated heterocycles. The molecule has 5 atom stereocenters. The number of ether oxygens (including phenoxy) is 4. The molecule has 2 aromatic carbocycles. The van der Waals surface area contributed by atoms with Crippen LogP contribution in [0.1, 0.15) is 29.5 Å². The van der Waals surface area contributed by atoms with E-state index in [9.17, 15) is 20.4 Å². The van der Waals surface area contributed by atoms with Crippen LogP contribution in [0, 0.1) is 0 Å². The van der Waals surface area contributed by atoms with Crippen molar-refractivity contribution in [2.45, 2.75) is 55.1 Å². The molecular formula is C25H29ClO8. The highest BCUT2D eigenvalue weighted by atomic mass is 35.5. The first-order valence-corrected chi connectivity index (χ1v) is 11.9. The number of hydrogen-bond donors (Lipinski definition) is 4. The van der Waals surface area contributed by atoms with Crippen LogP contribution in [0.5, 0.6) is 5.75 Å². The van der Waals surface area contributed by atoms with Crippen LogP contribution in [-0.2, 0) is 26.4 Å². The molecule has 1 saturated carbocycles. The lowest BCUT2D eigenvalue weighted by atomic mass is 9.83. The van der Waals surface area contributed by atoms with Gasteiger partial charge >= 0.3 is 0 Å². The number of fused-ring (bicyclic) bond motifs is 2. The minimum Gasteiger partial charge on any atom is -0.491 e. The summed E-state index contributed by atoms with van der Waals surface area (Å²) in [6, 6.07) is 12.8. The number of aliphatic hydroxyl groups is 4. The van der Waals surface area contributed by atoms with Gasteiger partial charge in [-0.2, -0.15) is 0 Å². The maximum Gasteiger partial charge on any atom is 0.225 e. The van der Waals surface area contributed by atoms with E-state index in [0.717, 1.165) is 29.7 Å². The monoisotopic (exact) mass is 492 g/mol. The summed E-state index contributed by atoms with van der Waals surface area (Å²) in [6.45, 7) is 0.338. The van der Waals surface area contributed by atoms with Crippen molar-refractivity contribution in [2.75, 3.05) is 26.4 Å². The maximum absolute atomic E-state index is 10.8. The first-order chi connectivity index (χ1) is 16.4. The average molecular weight is 493 g/mol. The van der Waals surface area contributed by atoms with E-state index < -0.39 is 36.3 Å². The number of rotatable bonds is 9. The zero-order chi connectivity index (χ0) is 23.9. The fraction of sp³-hybridized carbons (Fsp3) is 0.520. The van der Waals surface area contributed by atoms with Gasteiger partial charge in [-0.1, -0.05) is 29.8 Å². The van der Waals surface area contributed by atoms with E-state index in [2.05, 4.69) is 0 Å². The molecule has 5 rings (SSSR count). The minimum atomic E-state index is -1.72. The van der Waals surface area contributed by atoms with E-state index in [1.807, 2.05) is 24.3 Å². The molecule has 2 bridgehead atoms. The van der Waals surface area contributed by atoms with Gasteiger partial charge in [0.15, 0.2) is 0 Å². The van der Waals surface area contributed by atoms with Crippen LogP contribution < -0.4 is 4.74 Å². The molecule has 3 fully saturated rings. The zero-order valence-corrected chi connectivity index (χ0v) is 19.4. The van der Waals surface area contributed by atoms with E-state index in [1.54, 1.807) is 18.2 Å². The molecule has 0 radical (unpaired) electrons. The zero-order valence-electron chi connectivity index (χ0n) is 18.6. The SMILES string of the molecule is OC[C@]12COC(c3ccc(Cl)c(Cc4ccc(OCCOC5CC5)cc4)c3)(O1)[C@H](O)[C@@H](O)[C@@H]2O. The number of hydrogen-bond acceptors (Lipinski definition) is 8. The van der Waals surface area contributed by atoms with Gasteiger partial charge in [0.05, 0.1) is 25.9 Å². The van der Waals surface area contributed by atoms with Gasteiger partial charge in [-0.25, -0.2) is 0 Å². The summed E-state index contributed by atoms with van der Waals surface area (Å²) in [6.07, 6.45) is -1.41. The van der Waals surface area contributed by atoms with Crippen LogP contribution in [0.2, 0.25) is 5.02 Å². The molecule has 2 aromatic rings. The van der Waals surface area contributed by atoms with Gasteiger partial charge in [-0.3, -0.25) is 0 Å². The van der Waals surface area contributed by atoms with E-state index in [4.69, 9.17) is 30.5 Å². The molecule has 0 amide bonds. The topological polar surface area (TPSA) is 118 Å². The second-order valence-electron chi connectivity index (χ2n) is 9.21. The minimum absolute atomic E-state index is 0.177. The molecule has 2 aliphatic heterocycles. The molecule has 3 aliphatic rings. The molecule has 0 spiro atoms. The Morgan fingerprint density at radius 3 is 2.47 bits per heavy atom. The molecule has 4 N–H and O–H groups in total. The van der Waals surface area contributed by atoms with E-state index in [1.165, 1.54) is 0 Å². The Labute approximate surface area is 202 Å². The third-order valence-corrected chi connectivity index (χ3v) is 7.09. The highest BCUT2D eigenvalue weighted by Crippen LogP contribution is 2.49. The maximum atomic E-state index is 10.8. The predicted molar refractivity (Wildman–Crippen MR) is 122 cm³/mol. The molecule has 2 heterocycles. The Kier molecular flexibility index (Phi) is 6.60. The second-order valence-corrected chi connectivity index (χ2v) is 9.61. The molecule has 34 heavy (non-hydrogen) atoms. The fourth-order valence-corrected chi connectivity index (χ4v) is 4.72. The van der Waals surface area contributed by atoms with Crippen molar-refractivity contribution >= 4 is 11.6 Å². The smallest absolute Gasteiger partial charge is 0.225 e. The summed E-state index contributed by atoms with van der Waals surface area (Å²) in [7, 11) is 0. The highest BCUT2D eigenvalue weighted by molar-refractivity contribution is 6.31. The van der Waals surface area contributed by atoms with Crippen molar-refractivity contribution in [2.24, 2.45) is 0 Å². The third-order valence-electron chi connectivity index (χ3n) is 6.72. The average Bonchev–Trinajstić information content (AvgIpc) is 3.60. The van der Waals surface area contributed by atoms with Crippen LogP contribution in [0.3, 0.4) is 0 Å². The summed E-state index contributed by atoms with van der Waals surface area (Å²) in [5.41, 5.74) is 0.686. The van der Waals surface area contributed by atoms with Crippen molar-refractivity contribution in [1.82, 2.24) is 0 Å². The largest absolute Gasteiger partial charge is 0.491 e. The van der Waals surface area contributed by atoms with Crippen molar-refractivity contribution in [3.05, 3.63) is 64.2 Å². The van der Waals surface area contributed by atoms with Crippen molar-refractivity contribution in [3.8, 4) is 5.75 Å². The standard InChI is InChI=1S/C25H29ClO8/c26-20-8-3-17(25-23(30)21(28)22(29)24(13-27,34-25)14-33-25)12-16(20)11-15-1-4-18(5-2-15)31-9-10-32-19-6-7-19/h1-5,8,12,19,21-23,27-30H,6-7,9-11,13-14H2/t21-,22-,23+,24+,25?/m0/s1. The highest BCUT2D eigenvalue weighted by Gasteiger charge is 2.67. The molecule has 0 aromatic heterocycles. The van der Waals surface area contributed by atoms with Gasteiger partial charge < -0.3 is 39.4 Å². The van der Waals surface area contributed by atoms with Crippen LogP contribution >= 0.6 is 11.6 Å². The van der Waals surface area contributed by atoms with Crippen molar-refractivity contribution < 1.29 is 39.4 Å². The van der Waals surface area contributed by atoms with Gasteiger partial charge in [0.1, 0.15) is 36.3 Å². The van der Waals surface area contributed by atoms with E-state index in [-0.39, 0.29) is 6.61 Å². The molecule has 9 heteroatoms. The van der Waals surface area contributed by atoms with Crippen LogP contribution in [0.25, 0.3) is 0 Å². The second kappa shape index (κ2) is 9.37. The molecular weight excluding hydrogens is 464 g/mol. The van der Waals surface area contributed by atoms with Crippen molar-refractivity contribution in [3.63, 3.8) is 0 Å². The van der Waals surface area contributed by atoms with E-state index >= 15 is 0 Å². The summed E-state index contributed by atoms with van der Waals surface area (Å²) >= 11 is 6.46. The lowest BCUT2D eigenvalue weighted by Gasteiger charge is -2.46. The fourth-order valence-electron chi connectivity index (χ4n) is 4.53. The summed E-state index contributed by atoms with van der Waals surface area (Å²) in [5.74, 6) is -0.964. The predicted octanol–water partition coefficient (Wildman–Crippen LogP) is 1.52. The van der Waals surface area contributed by atoms with E-state index in [0.29, 0.717) is 36.3 Å². The van der Waals surface area contributed by atoms with Crippen LogP contribution in [0.4, 0.5) is 0 Å². The van der Waals surface area contributed by atoms with Crippen LogP contribution in [-0.4, -0.2) is 76.9 Å². The van der Waals surface area contributed by atoms with Crippen LogP contribution in [0.15, 0.2) is 42.5 Å². The summed E-state index contributed by atoms with van der Waals surface area (Å²) in [5, 5.41) is 41.9. The quantitative estimate of drug-likeness (QED) is 0.389. The Morgan fingerprint density at radius 1 is 1.00 bits per heavy atom. The first-order valence-electron chi connectivity index (χ1n) is 11.5. The summed E-state index contributed by atoms with van der Waals surface area (Å²) < 4.78 is 23.0. The lowest BCUT2D eigenvalue weighted by molar-refractivity contribution is -0.329. The molecule has 184 valence electrons. The lowest BCUT2D eigenvalue weighted by Crippen LogP contribution is -2.65. The Bertz CT molecular complexity index is 1010. The normalized spacial score (nSPS) is 32.7. The Morgan fingerprint density at radius 2 is 1.76 bits per heavy atom. The number of benzene rings is 2.